The minimum absolute atomic E-state index is 0.0584. The van der Waals surface area contributed by atoms with Crippen LogP contribution >= 0.6 is 0 Å². The lowest BCUT2D eigenvalue weighted by Crippen LogP contribution is -2.90. The number of carbonyl (C=O) groups excluding carboxylic acids is 4. The van der Waals surface area contributed by atoms with Crippen molar-refractivity contribution in [2.45, 2.75) is 122 Å². The van der Waals surface area contributed by atoms with Gasteiger partial charge in [-0.2, -0.15) is 0 Å². The molecule has 12 heteroatoms. The fourth-order valence-corrected chi connectivity index (χ4v) is 11.8. The van der Waals surface area contributed by atoms with Crippen molar-refractivity contribution >= 4 is 23.7 Å². The average molecular weight is 659 g/mol. The van der Waals surface area contributed by atoms with Crippen molar-refractivity contribution in [3.05, 3.63) is 24.2 Å². The Morgan fingerprint density at radius 3 is 2.38 bits per heavy atom. The van der Waals surface area contributed by atoms with Gasteiger partial charge in [0.1, 0.15) is 17.5 Å². The molecule has 2 aliphatic heterocycles. The van der Waals surface area contributed by atoms with Gasteiger partial charge in [0.2, 0.25) is 6.29 Å². The Labute approximate surface area is 273 Å². The van der Waals surface area contributed by atoms with E-state index >= 15 is 0 Å². The van der Waals surface area contributed by atoms with E-state index in [1.54, 1.807) is 26.4 Å². The van der Waals surface area contributed by atoms with Crippen LogP contribution in [0.5, 0.6) is 0 Å². The van der Waals surface area contributed by atoms with Crippen molar-refractivity contribution in [2.75, 3.05) is 6.61 Å². The topological polar surface area (TPSA) is 168 Å². The Hall–Kier alpha value is -2.80. The van der Waals surface area contributed by atoms with Crippen LogP contribution in [0.1, 0.15) is 85.6 Å². The van der Waals surface area contributed by atoms with Gasteiger partial charge < -0.3 is 38.3 Å². The van der Waals surface area contributed by atoms with Crippen LogP contribution in [-0.2, 0) is 42.9 Å². The summed E-state index contributed by atoms with van der Waals surface area (Å²) in [6, 6.07) is 1.86. The second-order valence-electron chi connectivity index (χ2n) is 15.7. The third kappa shape index (κ3) is 3.73. The quantitative estimate of drug-likeness (QED) is 0.339. The van der Waals surface area contributed by atoms with E-state index in [1.807, 2.05) is 26.8 Å². The number of hydrogen-bond acceptors (Lipinski definition) is 12. The molecular formula is C35H46O12. The van der Waals surface area contributed by atoms with E-state index < -0.39 is 99.7 Å². The first kappa shape index (κ1) is 32.7. The Bertz CT molecular complexity index is 1490. The predicted molar refractivity (Wildman–Crippen MR) is 160 cm³/mol. The highest BCUT2D eigenvalue weighted by Gasteiger charge is 2.90. The Balaban J connectivity index is 1.40. The zero-order valence-corrected chi connectivity index (χ0v) is 28.0. The van der Waals surface area contributed by atoms with Crippen molar-refractivity contribution in [2.24, 2.45) is 39.4 Å². The van der Waals surface area contributed by atoms with E-state index in [4.69, 9.17) is 28.1 Å². The molecule has 47 heavy (non-hydrogen) atoms. The van der Waals surface area contributed by atoms with Gasteiger partial charge >= 0.3 is 17.9 Å². The van der Waals surface area contributed by atoms with Gasteiger partial charge in [0.15, 0.2) is 12.2 Å². The van der Waals surface area contributed by atoms with E-state index in [0.29, 0.717) is 19.3 Å². The number of rotatable bonds is 6. The minimum atomic E-state index is -1.50. The molecule has 6 fully saturated rings. The first-order valence-electron chi connectivity index (χ1n) is 16.8. The summed E-state index contributed by atoms with van der Waals surface area (Å²) in [5, 5.41) is 24.5. The molecule has 258 valence electrons. The SMILES string of the molecule is CCC(C)C(=O)OC1OC[C@@]23[C@H]4C(=O)C[C@@]5(C)[C@H](c6ccoc6)C[C@@H](O)[C@]56O[C@H](C[C@H]2[C@]1(C)[C@H](OC(C)=O)[C@H](OC(C)=O)[C@@H]3O)[C@]46C. The fourth-order valence-electron chi connectivity index (χ4n) is 11.8. The normalized spacial score (nSPS) is 49.8. The van der Waals surface area contributed by atoms with E-state index in [9.17, 15) is 29.4 Å². The van der Waals surface area contributed by atoms with E-state index in [-0.39, 0.29) is 24.7 Å². The van der Waals surface area contributed by atoms with Gasteiger partial charge in [0.05, 0.1) is 42.7 Å². The highest BCUT2D eigenvalue weighted by Crippen LogP contribution is 2.82. The smallest absolute Gasteiger partial charge is 0.310 e. The molecule has 1 aromatic rings. The van der Waals surface area contributed by atoms with E-state index in [1.165, 1.54) is 13.8 Å². The lowest BCUT2D eigenvalue weighted by atomic mass is 9.30. The molecule has 3 heterocycles. The average Bonchev–Trinajstić information content (AvgIpc) is 3.60. The van der Waals surface area contributed by atoms with E-state index in [2.05, 4.69) is 0 Å². The van der Waals surface area contributed by atoms with Crippen molar-refractivity contribution in [1.29, 1.82) is 0 Å². The number of ketones is 1. The lowest BCUT2D eigenvalue weighted by Gasteiger charge is -2.81. The number of Topliss-reactive ketones (excluding diaryl/α,β-unsaturated/α-hetero) is 1. The second-order valence-corrected chi connectivity index (χ2v) is 15.7. The molecule has 7 rings (SSSR count). The first-order chi connectivity index (χ1) is 22.0. The van der Waals surface area contributed by atoms with Crippen LogP contribution in [0.2, 0.25) is 0 Å². The molecule has 2 N–H and O–H groups in total. The van der Waals surface area contributed by atoms with Crippen molar-refractivity contribution < 1.29 is 57.5 Å². The Kier molecular flexibility index (Phi) is 7.21. The molecule has 15 atom stereocenters. The number of ether oxygens (including phenoxy) is 5. The van der Waals surface area contributed by atoms with Crippen molar-refractivity contribution in [3.63, 3.8) is 0 Å². The highest BCUT2D eigenvalue weighted by atomic mass is 16.7. The molecule has 1 spiro atoms. The van der Waals surface area contributed by atoms with Gasteiger partial charge in [0.25, 0.3) is 0 Å². The molecule has 4 aliphatic carbocycles. The third-order valence-corrected chi connectivity index (χ3v) is 13.7. The summed E-state index contributed by atoms with van der Waals surface area (Å²) in [4.78, 5) is 53.4. The summed E-state index contributed by atoms with van der Waals surface area (Å²) in [6.07, 6.45) is -2.40. The Morgan fingerprint density at radius 1 is 1.06 bits per heavy atom. The molecule has 1 aromatic heterocycles. The van der Waals surface area contributed by atoms with Gasteiger partial charge in [-0.25, -0.2) is 0 Å². The van der Waals surface area contributed by atoms with Crippen LogP contribution in [0, 0.1) is 39.4 Å². The fraction of sp³-hybridized carbons (Fsp3) is 0.771. The van der Waals surface area contributed by atoms with Gasteiger partial charge in [-0.3, -0.25) is 19.2 Å². The summed E-state index contributed by atoms with van der Waals surface area (Å²) in [6.45, 7) is 11.6. The van der Waals surface area contributed by atoms with E-state index in [0.717, 1.165) is 5.56 Å². The Morgan fingerprint density at radius 2 is 1.77 bits per heavy atom. The standard InChI is InChI=1S/C35H46O12/c1-8-16(2)29(41)46-30-32(6)22-12-24-33(7)26(34(22,15-43-30)27(40)25(44-17(3)36)28(32)45-18(4)37)21(38)13-31(5)20(19-9-10-42-14-19)11-23(39)35(31,33)47-24/h9-10,14,16,20,22-28,30,39-40H,8,11-13,15H2,1-7H3/t16?,20-,22-,23+,24+,25+,26-,27-,28+,30?,31-,32+,33+,34-,35-/m0/s1. The largest absolute Gasteiger partial charge is 0.472 e. The van der Waals surface area contributed by atoms with Crippen LogP contribution in [-0.4, -0.2) is 82.9 Å². The number of esters is 3. The van der Waals surface area contributed by atoms with Gasteiger partial charge in [-0.05, 0) is 49.7 Å². The predicted octanol–water partition coefficient (Wildman–Crippen LogP) is 3.06. The summed E-state index contributed by atoms with van der Waals surface area (Å²) in [7, 11) is 0. The summed E-state index contributed by atoms with van der Waals surface area (Å²) >= 11 is 0. The van der Waals surface area contributed by atoms with Crippen LogP contribution in [0.25, 0.3) is 0 Å². The van der Waals surface area contributed by atoms with Crippen LogP contribution in [0.15, 0.2) is 23.0 Å². The summed E-state index contributed by atoms with van der Waals surface area (Å²) in [5.74, 6) is -4.22. The number of hydrogen-bond donors (Lipinski definition) is 2. The summed E-state index contributed by atoms with van der Waals surface area (Å²) < 4.78 is 36.5. The maximum Gasteiger partial charge on any atom is 0.310 e. The number of carbonyl (C=O) groups is 4. The molecule has 4 saturated carbocycles. The third-order valence-electron chi connectivity index (χ3n) is 13.7. The first-order valence-corrected chi connectivity index (χ1v) is 16.8. The molecule has 2 saturated heterocycles. The second kappa shape index (κ2) is 10.4. The number of aliphatic hydroxyl groups excluding tert-OH is 2. The zero-order chi connectivity index (χ0) is 34.1. The van der Waals surface area contributed by atoms with Gasteiger partial charge in [0, 0.05) is 42.4 Å². The maximum atomic E-state index is 14.9. The number of furan rings is 1. The zero-order valence-electron chi connectivity index (χ0n) is 28.0. The molecule has 2 unspecified atom stereocenters. The molecule has 2 bridgehead atoms. The lowest BCUT2D eigenvalue weighted by molar-refractivity contribution is -0.458. The van der Waals surface area contributed by atoms with Crippen LogP contribution in [0.4, 0.5) is 0 Å². The van der Waals surface area contributed by atoms with Crippen molar-refractivity contribution in [1.82, 2.24) is 0 Å². The molecule has 0 radical (unpaired) electrons. The summed E-state index contributed by atoms with van der Waals surface area (Å²) in [5.41, 5.74) is -4.72. The molecule has 0 amide bonds. The minimum Gasteiger partial charge on any atom is -0.472 e. The maximum absolute atomic E-state index is 14.9. The molecular weight excluding hydrogens is 612 g/mol. The number of aliphatic hydroxyl groups is 2. The van der Waals surface area contributed by atoms with Gasteiger partial charge in [-0.15, -0.1) is 0 Å². The van der Waals surface area contributed by atoms with Crippen LogP contribution in [0.3, 0.4) is 0 Å². The molecule has 6 aliphatic rings. The molecule has 12 nitrogen and oxygen atoms in total. The van der Waals surface area contributed by atoms with Crippen LogP contribution < -0.4 is 0 Å². The van der Waals surface area contributed by atoms with Crippen molar-refractivity contribution in [3.8, 4) is 0 Å². The monoisotopic (exact) mass is 658 g/mol. The highest BCUT2D eigenvalue weighted by molar-refractivity contribution is 5.87. The molecule has 0 aromatic carbocycles. The van der Waals surface area contributed by atoms with Gasteiger partial charge in [-0.1, -0.05) is 27.7 Å².